The maximum Gasteiger partial charge on any atom is 0.258 e. The minimum absolute atomic E-state index is 0.221. The summed E-state index contributed by atoms with van der Waals surface area (Å²) in [5, 5.41) is 13.3. The molecule has 1 aromatic carbocycles. The van der Waals surface area contributed by atoms with Gasteiger partial charge < -0.3 is 20.0 Å². The highest BCUT2D eigenvalue weighted by atomic mass is 16.5. The van der Waals surface area contributed by atoms with Gasteiger partial charge in [0.1, 0.15) is 5.75 Å². The Morgan fingerprint density at radius 3 is 2.50 bits per heavy atom. The monoisotopic (exact) mass is 278 g/mol. The average Bonchev–Trinajstić information content (AvgIpc) is 2.36. The number of rotatable bonds is 6. The maximum atomic E-state index is 11.7. The first kappa shape index (κ1) is 16.0. The Kier molecular flexibility index (Phi) is 5.55. The molecule has 1 aromatic rings. The predicted molar refractivity (Wildman–Crippen MR) is 73.2 cm³/mol. The highest BCUT2D eigenvalue weighted by Gasteiger charge is 2.17. The zero-order chi connectivity index (χ0) is 15.3. The maximum absolute atomic E-state index is 11.7. The van der Waals surface area contributed by atoms with E-state index in [-0.39, 0.29) is 12.5 Å². The Morgan fingerprint density at radius 1 is 1.30 bits per heavy atom. The molecule has 0 aliphatic heterocycles. The Balaban J connectivity index is 2.59. The number of aryl methyl sites for hydroxylation is 2. The lowest BCUT2D eigenvalue weighted by Gasteiger charge is -2.23. The zero-order valence-electron chi connectivity index (χ0n) is 12.2. The lowest BCUT2D eigenvalue weighted by Crippen LogP contribution is -2.51. The molecule has 0 unspecified atom stereocenters. The number of nitrogens with one attached hydrogen (secondary N) is 1. The van der Waals surface area contributed by atoms with E-state index in [0.29, 0.717) is 5.75 Å². The van der Waals surface area contributed by atoms with Crippen LogP contribution in [0.4, 0.5) is 0 Å². The molecule has 1 atom stereocenters. The number of hydrogen-bond acceptors (Lipinski definition) is 4. The van der Waals surface area contributed by atoms with Crippen LogP contribution in [0, 0.1) is 19.8 Å². The van der Waals surface area contributed by atoms with Gasteiger partial charge in [0.25, 0.3) is 5.91 Å². The molecule has 1 rings (SSSR count). The highest BCUT2D eigenvalue weighted by Crippen LogP contribution is 2.18. The van der Waals surface area contributed by atoms with Gasteiger partial charge in [0.05, 0.1) is 12.0 Å². The van der Waals surface area contributed by atoms with E-state index in [1.54, 1.807) is 13.8 Å². The van der Waals surface area contributed by atoms with Crippen LogP contribution in [-0.2, 0) is 9.59 Å². The molecule has 1 N–H and O–H groups in total. The Bertz CT molecular complexity index is 497. The molecule has 1 amide bonds. The summed E-state index contributed by atoms with van der Waals surface area (Å²) >= 11 is 0. The van der Waals surface area contributed by atoms with E-state index in [2.05, 4.69) is 5.32 Å². The Morgan fingerprint density at radius 2 is 1.95 bits per heavy atom. The average molecular weight is 278 g/mol. The van der Waals surface area contributed by atoms with E-state index < -0.39 is 17.9 Å². The van der Waals surface area contributed by atoms with Crippen LogP contribution in [0.1, 0.15) is 25.0 Å². The number of amides is 1. The number of hydrogen-bond donors (Lipinski definition) is 1. The number of aliphatic carboxylic acids is 1. The van der Waals surface area contributed by atoms with E-state index in [0.717, 1.165) is 11.1 Å². The second-order valence-electron chi connectivity index (χ2n) is 5.17. The summed E-state index contributed by atoms with van der Waals surface area (Å²) < 4.78 is 5.41. The fourth-order valence-corrected chi connectivity index (χ4v) is 1.72. The molecular weight excluding hydrogens is 258 g/mol. The molecule has 110 valence electrons. The first-order valence-electron chi connectivity index (χ1n) is 6.51. The molecule has 0 radical (unpaired) electrons. The van der Waals surface area contributed by atoms with Crippen molar-refractivity contribution < 1.29 is 19.4 Å². The third-order valence-corrected chi connectivity index (χ3v) is 2.94. The van der Waals surface area contributed by atoms with Gasteiger partial charge in [-0.15, -0.1) is 0 Å². The normalized spacial score (nSPS) is 12.1. The smallest absolute Gasteiger partial charge is 0.258 e. The van der Waals surface area contributed by atoms with Gasteiger partial charge in [0, 0.05) is 0 Å². The Hall–Kier alpha value is -2.04. The van der Waals surface area contributed by atoms with Crippen LogP contribution in [0.25, 0.3) is 0 Å². The summed E-state index contributed by atoms with van der Waals surface area (Å²) in [5.74, 6) is -1.40. The lowest BCUT2D eigenvalue weighted by molar-refractivity contribution is -0.309. The van der Waals surface area contributed by atoms with E-state index in [4.69, 9.17) is 4.74 Å². The second kappa shape index (κ2) is 6.93. The first-order valence-corrected chi connectivity index (χ1v) is 6.51. The van der Waals surface area contributed by atoms with Crippen molar-refractivity contribution in [2.75, 3.05) is 6.61 Å². The molecule has 0 fully saturated rings. The number of benzene rings is 1. The standard InChI is InChI=1S/C15H21NO4/c1-9(2)14(15(18)19)16-13(17)8-20-12-7-10(3)5-6-11(12)4/h5-7,9,14H,8H2,1-4H3,(H,16,17)(H,18,19)/p-1/t14-/m1/s1. The van der Waals surface area contributed by atoms with Crippen LogP contribution in [0.5, 0.6) is 5.75 Å². The molecule has 0 heterocycles. The molecule has 0 aromatic heterocycles. The van der Waals surface area contributed by atoms with Crippen LogP contribution in [0.2, 0.25) is 0 Å². The van der Waals surface area contributed by atoms with Gasteiger partial charge in [-0.2, -0.15) is 0 Å². The largest absolute Gasteiger partial charge is 0.548 e. The highest BCUT2D eigenvalue weighted by molar-refractivity contribution is 5.83. The number of carbonyl (C=O) groups is 2. The molecule has 0 saturated heterocycles. The third-order valence-electron chi connectivity index (χ3n) is 2.94. The number of ether oxygens (including phenoxy) is 1. The van der Waals surface area contributed by atoms with E-state index in [1.165, 1.54) is 0 Å². The van der Waals surface area contributed by atoms with Crippen molar-refractivity contribution in [3.63, 3.8) is 0 Å². The van der Waals surface area contributed by atoms with Crippen molar-refractivity contribution in [3.8, 4) is 5.75 Å². The summed E-state index contributed by atoms with van der Waals surface area (Å²) in [6.45, 7) is 6.99. The number of carboxylic acids is 1. The first-order chi connectivity index (χ1) is 9.31. The van der Waals surface area contributed by atoms with Crippen molar-refractivity contribution in [2.24, 2.45) is 5.92 Å². The third kappa shape index (κ3) is 4.57. The van der Waals surface area contributed by atoms with E-state index in [9.17, 15) is 14.7 Å². The fraction of sp³-hybridized carbons (Fsp3) is 0.467. The van der Waals surface area contributed by atoms with Crippen LogP contribution >= 0.6 is 0 Å². The van der Waals surface area contributed by atoms with Crippen LogP contribution in [-0.4, -0.2) is 24.5 Å². The van der Waals surface area contributed by atoms with Gasteiger partial charge in [0.2, 0.25) is 0 Å². The predicted octanol–water partition coefficient (Wildman–Crippen LogP) is 0.573. The molecule has 20 heavy (non-hydrogen) atoms. The van der Waals surface area contributed by atoms with Gasteiger partial charge in [-0.1, -0.05) is 26.0 Å². The van der Waals surface area contributed by atoms with Gasteiger partial charge in [0.15, 0.2) is 6.61 Å². The van der Waals surface area contributed by atoms with E-state index >= 15 is 0 Å². The van der Waals surface area contributed by atoms with Crippen molar-refractivity contribution in [1.82, 2.24) is 5.32 Å². The molecule has 0 spiro atoms. The van der Waals surface area contributed by atoms with E-state index in [1.807, 2.05) is 32.0 Å². The molecule has 5 heteroatoms. The van der Waals surface area contributed by atoms with Crippen molar-refractivity contribution in [2.45, 2.75) is 33.7 Å². The molecule has 0 aliphatic rings. The van der Waals surface area contributed by atoms with Crippen molar-refractivity contribution >= 4 is 11.9 Å². The summed E-state index contributed by atoms with van der Waals surface area (Å²) in [6, 6.07) is 4.68. The topological polar surface area (TPSA) is 78.5 Å². The minimum atomic E-state index is -1.29. The second-order valence-corrected chi connectivity index (χ2v) is 5.17. The number of carbonyl (C=O) groups excluding carboxylic acids is 2. The van der Waals surface area contributed by atoms with Crippen LogP contribution in [0.15, 0.2) is 18.2 Å². The van der Waals surface area contributed by atoms with Gasteiger partial charge in [-0.05, 0) is 37.0 Å². The van der Waals surface area contributed by atoms with Crippen molar-refractivity contribution in [1.29, 1.82) is 0 Å². The van der Waals surface area contributed by atoms with Gasteiger partial charge >= 0.3 is 0 Å². The summed E-state index contributed by atoms with van der Waals surface area (Å²) in [5.41, 5.74) is 1.95. The van der Waals surface area contributed by atoms with Gasteiger partial charge in [-0.25, -0.2) is 0 Å². The molecular formula is C15H20NO4-. The van der Waals surface area contributed by atoms with Crippen molar-refractivity contribution in [3.05, 3.63) is 29.3 Å². The quantitative estimate of drug-likeness (QED) is 0.825. The number of carboxylic acid groups (broad SMARTS) is 1. The summed E-state index contributed by atoms with van der Waals surface area (Å²) in [4.78, 5) is 22.6. The minimum Gasteiger partial charge on any atom is -0.548 e. The van der Waals surface area contributed by atoms with Crippen LogP contribution < -0.4 is 15.2 Å². The SMILES string of the molecule is Cc1ccc(C)c(OCC(=O)N[C@@H](C(=O)[O-])C(C)C)c1. The van der Waals surface area contributed by atoms with Gasteiger partial charge in [-0.3, -0.25) is 4.79 Å². The molecule has 0 aliphatic carbocycles. The zero-order valence-corrected chi connectivity index (χ0v) is 12.2. The molecule has 0 bridgehead atoms. The molecule has 0 saturated carbocycles. The Labute approximate surface area is 118 Å². The summed E-state index contributed by atoms with van der Waals surface area (Å²) in [7, 11) is 0. The fourth-order valence-electron chi connectivity index (χ4n) is 1.72. The lowest BCUT2D eigenvalue weighted by atomic mass is 10.1. The molecule has 5 nitrogen and oxygen atoms in total. The van der Waals surface area contributed by atoms with Crippen LogP contribution in [0.3, 0.4) is 0 Å². The summed E-state index contributed by atoms with van der Waals surface area (Å²) in [6.07, 6.45) is 0.